The van der Waals surface area contributed by atoms with E-state index in [0.717, 1.165) is 5.56 Å². The van der Waals surface area contributed by atoms with Gasteiger partial charge in [-0.25, -0.2) is 4.79 Å². The largest absolute Gasteiger partial charge is 0.478 e. The van der Waals surface area contributed by atoms with Crippen LogP contribution in [0.4, 0.5) is 0 Å². The molecule has 0 bridgehead atoms. The highest BCUT2D eigenvalue weighted by Gasteiger charge is 2.10. The Labute approximate surface area is 105 Å². The van der Waals surface area contributed by atoms with Crippen LogP contribution in [0.1, 0.15) is 22.3 Å². The molecule has 0 saturated heterocycles. The summed E-state index contributed by atoms with van der Waals surface area (Å²) in [6.07, 6.45) is 2.01. The monoisotopic (exact) mass is 248 g/mol. The summed E-state index contributed by atoms with van der Waals surface area (Å²) in [5.74, 6) is -1.23. The fraction of sp³-hybridized carbons (Fsp3) is 0.231. The van der Waals surface area contributed by atoms with Gasteiger partial charge in [0.05, 0.1) is 11.6 Å². The number of aromatic carboxylic acids is 1. The van der Waals surface area contributed by atoms with Crippen LogP contribution in [0.15, 0.2) is 36.9 Å². The van der Waals surface area contributed by atoms with Gasteiger partial charge < -0.3 is 16.2 Å². The number of hydrogen-bond acceptors (Lipinski definition) is 3. The Morgan fingerprint density at radius 1 is 1.39 bits per heavy atom. The van der Waals surface area contributed by atoms with Crippen molar-refractivity contribution in [2.45, 2.75) is 19.0 Å². The molecule has 1 atom stereocenters. The first-order valence-electron chi connectivity index (χ1n) is 5.51. The predicted octanol–water partition coefficient (Wildman–Crippen LogP) is 0.904. The van der Waals surface area contributed by atoms with Crippen LogP contribution < -0.4 is 11.1 Å². The molecule has 5 heteroatoms. The molecule has 4 N–H and O–H groups in total. The molecule has 0 aliphatic rings. The molecule has 1 aromatic carbocycles. The van der Waals surface area contributed by atoms with Crippen LogP contribution in [0.2, 0.25) is 0 Å². The second-order valence-corrected chi connectivity index (χ2v) is 3.85. The topological polar surface area (TPSA) is 92.4 Å². The molecule has 18 heavy (non-hydrogen) atoms. The number of carboxylic acid groups (broad SMARTS) is 1. The number of nitrogens with two attached hydrogens (primary N) is 1. The third-order valence-electron chi connectivity index (χ3n) is 2.43. The highest BCUT2D eigenvalue weighted by Crippen LogP contribution is 2.04. The summed E-state index contributed by atoms with van der Waals surface area (Å²) in [6.45, 7) is 3.83. The third kappa shape index (κ3) is 4.03. The van der Waals surface area contributed by atoms with Crippen molar-refractivity contribution in [1.82, 2.24) is 5.32 Å². The van der Waals surface area contributed by atoms with Crippen LogP contribution in [-0.4, -0.2) is 23.0 Å². The highest BCUT2D eigenvalue weighted by atomic mass is 16.4. The van der Waals surface area contributed by atoms with Crippen molar-refractivity contribution >= 4 is 11.9 Å². The number of carbonyl (C=O) groups excluding carboxylic acids is 1. The van der Waals surface area contributed by atoms with Crippen molar-refractivity contribution < 1.29 is 14.7 Å². The van der Waals surface area contributed by atoms with Crippen molar-refractivity contribution in [3.63, 3.8) is 0 Å². The lowest BCUT2D eigenvalue weighted by Gasteiger charge is -2.10. The molecule has 0 fully saturated rings. The summed E-state index contributed by atoms with van der Waals surface area (Å²) in [5.41, 5.74) is 6.63. The maximum Gasteiger partial charge on any atom is 0.335 e. The van der Waals surface area contributed by atoms with Crippen molar-refractivity contribution in [2.75, 3.05) is 0 Å². The zero-order valence-electron chi connectivity index (χ0n) is 9.93. The summed E-state index contributed by atoms with van der Waals surface area (Å²) in [4.78, 5) is 22.1. The van der Waals surface area contributed by atoms with E-state index in [-0.39, 0.29) is 11.5 Å². The fourth-order valence-electron chi connectivity index (χ4n) is 1.37. The van der Waals surface area contributed by atoms with E-state index in [1.165, 1.54) is 12.1 Å². The van der Waals surface area contributed by atoms with E-state index in [1.54, 1.807) is 18.2 Å². The van der Waals surface area contributed by atoms with Gasteiger partial charge in [-0.2, -0.15) is 0 Å². The summed E-state index contributed by atoms with van der Waals surface area (Å²) in [7, 11) is 0. The van der Waals surface area contributed by atoms with Crippen LogP contribution in [0.25, 0.3) is 0 Å². The van der Waals surface area contributed by atoms with Gasteiger partial charge in [0.15, 0.2) is 0 Å². The summed E-state index contributed by atoms with van der Waals surface area (Å²) in [6, 6.07) is 5.70. The first-order chi connectivity index (χ1) is 8.54. The van der Waals surface area contributed by atoms with Gasteiger partial charge in [-0.1, -0.05) is 18.2 Å². The van der Waals surface area contributed by atoms with Gasteiger partial charge in [0.2, 0.25) is 5.91 Å². The second kappa shape index (κ2) is 6.56. The number of carbonyl (C=O) groups is 2. The Hall–Kier alpha value is -2.14. The minimum Gasteiger partial charge on any atom is -0.478 e. The maximum atomic E-state index is 11.5. The Bertz CT molecular complexity index is 440. The second-order valence-electron chi connectivity index (χ2n) is 3.85. The van der Waals surface area contributed by atoms with Gasteiger partial charge >= 0.3 is 5.97 Å². The van der Waals surface area contributed by atoms with Gasteiger partial charge in [-0.15, -0.1) is 6.58 Å². The van der Waals surface area contributed by atoms with Gasteiger partial charge in [-0.05, 0) is 24.1 Å². The van der Waals surface area contributed by atoms with Gasteiger partial charge in [0, 0.05) is 6.54 Å². The molecular formula is C13H16N2O3. The zero-order chi connectivity index (χ0) is 13.5. The Balaban J connectivity index is 2.51. The standard InChI is InChI=1S/C13H16N2O3/c1-2-3-11(14)12(16)15-8-9-4-6-10(7-5-9)13(17)18/h2,4-7,11H,1,3,8,14H2,(H,15,16)(H,17,18). The normalized spacial score (nSPS) is 11.6. The molecule has 0 spiro atoms. The lowest BCUT2D eigenvalue weighted by Crippen LogP contribution is -2.39. The Kier molecular flexibility index (Phi) is 5.07. The average molecular weight is 248 g/mol. The lowest BCUT2D eigenvalue weighted by atomic mass is 10.1. The van der Waals surface area contributed by atoms with Crippen molar-refractivity contribution in [2.24, 2.45) is 5.73 Å². The quantitative estimate of drug-likeness (QED) is 0.652. The summed E-state index contributed by atoms with van der Waals surface area (Å²) < 4.78 is 0. The molecule has 0 aliphatic carbocycles. The summed E-state index contributed by atoms with van der Waals surface area (Å²) >= 11 is 0. The van der Waals surface area contributed by atoms with Gasteiger partial charge in [0.25, 0.3) is 0 Å². The Morgan fingerprint density at radius 2 is 2.00 bits per heavy atom. The predicted molar refractivity (Wildman–Crippen MR) is 68.0 cm³/mol. The van der Waals surface area contributed by atoms with E-state index in [9.17, 15) is 9.59 Å². The van der Waals surface area contributed by atoms with Crippen LogP contribution in [0, 0.1) is 0 Å². The minimum atomic E-state index is -0.974. The molecule has 5 nitrogen and oxygen atoms in total. The van der Waals surface area contributed by atoms with Gasteiger partial charge in [0.1, 0.15) is 0 Å². The molecule has 0 aromatic heterocycles. The molecule has 96 valence electrons. The number of carboxylic acids is 1. The van der Waals surface area contributed by atoms with Gasteiger partial charge in [-0.3, -0.25) is 4.79 Å². The van der Waals surface area contributed by atoms with E-state index in [4.69, 9.17) is 10.8 Å². The Morgan fingerprint density at radius 3 is 2.50 bits per heavy atom. The molecule has 1 rings (SSSR count). The average Bonchev–Trinajstić information content (AvgIpc) is 2.36. The molecule has 0 aliphatic heterocycles. The fourth-order valence-corrected chi connectivity index (χ4v) is 1.37. The zero-order valence-corrected chi connectivity index (χ0v) is 9.93. The number of rotatable bonds is 6. The van der Waals surface area contributed by atoms with E-state index in [1.807, 2.05) is 0 Å². The van der Waals surface area contributed by atoms with E-state index < -0.39 is 12.0 Å². The number of nitrogens with one attached hydrogen (secondary N) is 1. The first-order valence-corrected chi connectivity index (χ1v) is 5.51. The van der Waals surface area contributed by atoms with Crippen LogP contribution in [0.3, 0.4) is 0 Å². The minimum absolute atomic E-state index is 0.216. The molecule has 0 radical (unpaired) electrons. The van der Waals surface area contributed by atoms with Crippen molar-refractivity contribution in [3.05, 3.63) is 48.0 Å². The molecule has 1 aromatic rings. The maximum absolute atomic E-state index is 11.5. The van der Waals surface area contributed by atoms with Crippen molar-refractivity contribution in [1.29, 1.82) is 0 Å². The smallest absolute Gasteiger partial charge is 0.335 e. The number of hydrogen-bond donors (Lipinski definition) is 3. The molecular weight excluding hydrogens is 232 g/mol. The first kappa shape index (κ1) is 13.9. The lowest BCUT2D eigenvalue weighted by molar-refractivity contribution is -0.122. The molecule has 1 amide bonds. The molecule has 0 heterocycles. The van der Waals surface area contributed by atoms with E-state index in [0.29, 0.717) is 13.0 Å². The SMILES string of the molecule is C=CCC(N)C(=O)NCc1ccc(C(=O)O)cc1. The number of amides is 1. The van der Waals surface area contributed by atoms with Crippen molar-refractivity contribution in [3.8, 4) is 0 Å². The number of benzene rings is 1. The van der Waals surface area contributed by atoms with Crippen LogP contribution in [0.5, 0.6) is 0 Å². The van der Waals surface area contributed by atoms with E-state index in [2.05, 4.69) is 11.9 Å². The summed E-state index contributed by atoms with van der Waals surface area (Å²) in [5, 5.41) is 11.4. The molecule has 0 saturated carbocycles. The third-order valence-corrected chi connectivity index (χ3v) is 2.43. The van der Waals surface area contributed by atoms with Crippen LogP contribution >= 0.6 is 0 Å². The highest BCUT2D eigenvalue weighted by molar-refractivity contribution is 5.87. The van der Waals surface area contributed by atoms with E-state index >= 15 is 0 Å². The molecule has 1 unspecified atom stereocenters. The van der Waals surface area contributed by atoms with Crippen LogP contribution in [-0.2, 0) is 11.3 Å².